The number of fused-ring (bicyclic) bond motifs is 1. The number of hydrogen-bond acceptors (Lipinski definition) is 3. The van der Waals surface area contributed by atoms with E-state index in [-0.39, 0.29) is 30.2 Å². The number of aryl methyl sites for hydroxylation is 1. The van der Waals surface area contributed by atoms with Crippen molar-refractivity contribution in [2.75, 3.05) is 0 Å². The topological polar surface area (TPSA) is 65.8 Å². The molecule has 1 aliphatic rings. The Hall–Kier alpha value is -1.40. The second-order valence-corrected chi connectivity index (χ2v) is 4.59. The van der Waals surface area contributed by atoms with E-state index >= 15 is 0 Å². The first-order valence-corrected chi connectivity index (χ1v) is 5.56. The summed E-state index contributed by atoms with van der Waals surface area (Å²) in [5.41, 5.74) is 6.63. The van der Waals surface area contributed by atoms with Gasteiger partial charge < -0.3 is 5.73 Å². The number of hydrogen-bond donors (Lipinski definition) is 1. The van der Waals surface area contributed by atoms with Gasteiger partial charge in [-0.1, -0.05) is 0 Å². The molecule has 3 rings (SSSR count). The van der Waals surface area contributed by atoms with Gasteiger partial charge in [0.15, 0.2) is 5.65 Å². The number of aromatic nitrogens is 3. The summed E-state index contributed by atoms with van der Waals surface area (Å²) in [4.78, 5) is 16.1. The Labute approximate surface area is 109 Å². The SMILES string of the molecule is Cl.Cn1c(=O)n([C@H]2C[C@H](N)C2)c2ncc(F)cc21. The second-order valence-electron chi connectivity index (χ2n) is 4.59. The molecule has 7 heteroatoms. The van der Waals surface area contributed by atoms with E-state index in [0.29, 0.717) is 11.2 Å². The fourth-order valence-electron chi connectivity index (χ4n) is 2.38. The number of imidazole rings is 1. The summed E-state index contributed by atoms with van der Waals surface area (Å²) in [6.07, 6.45) is 2.69. The maximum absolute atomic E-state index is 13.1. The Morgan fingerprint density at radius 2 is 2.17 bits per heavy atom. The van der Waals surface area contributed by atoms with Gasteiger partial charge in [-0.25, -0.2) is 14.2 Å². The lowest BCUT2D eigenvalue weighted by Gasteiger charge is -2.32. The van der Waals surface area contributed by atoms with E-state index in [4.69, 9.17) is 5.73 Å². The van der Waals surface area contributed by atoms with Gasteiger partial charge in [-0.15, -0.1) is 12.4 Å². The molecule has 0 radical (unpaired) electrons. The summed E-state index contributed by atoms with van der Waals surface area (Å²) in [5, 5.41) is 0. The molecule has 1 fully saturated rings. The predicted molar refractivity (Wildman–Crippen MR) is 68.4 cm³/mol. The normalized spacial score (nSPS) is 22.6. The highest BCUT2D eigenvalue weighted by molar-refractivity contribution is 5.85. The standard InChI is InChI=1S/C11H13FN4O.ClH/c1-15-9-2-6(12)5-14-10(9)16(11(15)17)8-3-7(13)4-8;/h2,5,7-8H,3-4,13H2,1H3;1H/t7-,8-;. The van der Waals surface area contributed by atoms with Crippen LogP contribution < -0.4 is 11.4 Å². The molecule has 2 heterocycles. The summed E-state index contributed by atoms with van der Waals surface area (Å²) in [6, 6.07) is 1.58. The van der Waals surface area contributed by atoms with E-state index in [1.165, 1.54) is 10.6 Å². The van der Waals surface area contributed by atoms with E-state index in [1.807, 2.05) is 0 Å². The van der Waals surface area contributed by atoms with Gasteiger partial charge in [-0.05, 0) is 12.8 Å². The molecule has 2 N–H and O–H groups in total. The van der Waals surface area contributed by atoms with Crippen molar-refractivity contribution in [3.8, 4) is 0 Å². The van der Waals surface area contributed by atoms with E-state index in [0.717, 1.165) is 19.0 Å². The summed E-state index contributed by atoms with van der Waals surface area (Å²) in [7, 11) is 1.63. The Morgan fingerprint density at radius 1 is 1.50 bits per heavy atom. The largest absolute Gasteiger partial charge is 0.330 e. The number of halogens is 2. The van der Waals surface area contributed by atoms with Gasteiger partial charge in [0.2, 0.25) is 0 Å². The maximum atomic E-state index is 13.1. The molecule has 0 unspecified atom stereocenters. The number of pyridine rings is 1. The Kier molecular flexibility index (Phi) is 3.16. The third kappa shape index (κ3) is 1.72. The molecule has 0 aromatic carbocycles. The highest BCUT2D eigenvalue weighted by Gasteiger charge is 2.31. The average molecular weight is 273 g/mol. The van der Waals surface area contributed by atoms with Crippen LogP contribution in [0.25, 0.3) is 11.2 Å². The van der Waals surface area contributed by atoms with Crippen molar-refractivity contribution in [1.29, 1.82) is 0 Å². The van der Waals surface area contributed by atoms with Crippen molar-refractivity contribution in [2.45, 2.75) is 24.9 Å². The third-order valence-electron chi connectivity index (χ3n) is 3.41. The first kappa shape index (κ1) is 13.0. The molecule has 0 spiro atoms. The molecule has 0 bridgehead atoms. The number of nitrogens with zero attached hydrogens (tertiary/aromatic N) is 3. The van der Waals surface area contributed by atoms with Crippen LogP contribution in [0.1, 0.15) is 18.9 Å². The van der Waals surface area contributed by atoms with Gasteiger partial charge in [-0.2, -0.15) is 0 Å². The van der Waals surface area contributed by atoms with Crippen molar-refractivity contribution in [2.24, 2.45) is 12.8 Å². The van der Waals surface area contributed by atoms with Gasteiger partial charge in [-0.3, -0.25) is 9.13 Å². The molecule has 98 valence electrons. The monoisotopic (exact) mass is 272 g/mol. The molecule has 0 saturated heterocycles. The Balaban J connectivity index is 0.00000120. The van der Waals surface area contributed by atoms with Gasteiger partial charge >= 0.3 is 5.69 Å². The summed E-state index contributed by atoms with van der Waals surface area (Å²) < 4.78 is 16.2. The summed E-state index contributed by atoms with van der Waals surface area (Å²) >= 11 is 0. The van der Waals surface area contributed by atoms with Crippen molar-refractivity contribution >= 4 is 23.6 Å². The highest BCUT2D eigenvalue weighted by atomic mass is 35.5. The molecule has 5 nitrogen and oxygen atoms in total. The zero-order valence-electron chi connectivity index (χ0n) is 9.84. The summed E-state index contributed by atoms with van der Waals surface area (Å²) in [5.74, 6) is -0.435. The molecule has 18 heavy (non-hydrogen) atoms. The predicted octanol–water partition coefficient (Wildman–Crippen LogP) is 0.958. The van der Waals surface area contributed by atoms with E-state index in [1.54, 1.807) is 11.6 Å². The van der Waals surface area contributed by atoms with Crippen LogP contribution in [0.3, 0.4) is 0 Å². The third-order valence-corrected chi connectivity index (χ3v) is 3.41. The van der Waals surface area contributed by atoms with Gasteiger partial charge in [0.25, 0.3) is 0 Å². The van der Waals surface area contributed by atoms with Gasteiger partial charge in [0, 0.05) is 25.2 Å². The van der Waals surface area contributed by atoms with Crippen LogP contribution >= 0.6 is 12.4 Å². The quantitative estimate of drug-likeness (QED) is 0.841. The van der Waals surface area contributed by atoms with Crippen molar-refractivity contribution in [3.05, 3.63) is 28.6 Å². The van der Waals surface area contributed by atoms with E-state index in [9.17, 15) is 9.18 Å². The van der Waals surface area contributed by atoms with Gasteiger partial charge in [0.1, 0.15) is 5.82 Å². The minimum Gasteiger partial charge on any atom is -0.328 e. The molecule has 0 aliphatic heterocycles. The molecule has 0 atom stereocenters. The molecular formula is C11H14ClFN4O. The van der Waals surface area contributed by atoms with Crippen molar-refractivity contribution in [3.63, 3.8) is 0 Å². The lowest BCUT2D eigenvalue weighted by Crippen LogP contribution is -2.41. The van der Waals surface area contributed by atoms with E-state index < -0.39 is 5.82 Å². The molecule has 1 aliphatic carbocycles. The second kappa shape index (κ2) is 4.37. The molecule has 1 saturated carbocycles. The number of rotatable bonds is 1. The smallest absolute Gasteiger partial charge is 0.328 e. The van der Waals surface area contributed by atoms with E-state index in [2.05, 4.69) is 4.98 Å². The lowest BCUT2D eigenvalue weighted by atomic mass is 9.87. The zero-order valence-corrected chi connectivity index (χ0v) is 10.7. The molecule has 0 amide bonds. The lowest BCUT2D eigenvalue weighted by molar-refractivity contribution is 0.264. The van der Waals surface area contributed by atoms with Crippen LogP contribution in [-0.2, 0) is 7.05 Å². The van der Waals surface area contributed by atoms with Crippen LogP contribution in [-0.4, -0.2) is 20.2 Å². The minimum absolute atomic E-state index is 0. The minimum atomic E-state index is -0.435. The van der Waals surface area contributed by atoms with Crippen LogP contribution in [0, 0.1) is 5.82 Å². The molecular weight excluding hydrogens is 259 g/mol. The van der Waals surface area contributed by atoms with Crippen LogP contribution in [0.15, 0.2) is 17.1 Å². The first-order valence-electron chi connectivity index (χ1n) is 5.56. The van der Waals surface area contributed by atoms with Crippen molar-refractivity contribution < 1.29 is 4.39 Å². The van der Waals surface area contributed by atoms with Crippen molar-refractivity contribution in [1.82, 2.24) is 14.1 Å². The first-order chi connectivity index (χ1) is 8.08. The molecule has 2 aromatic rings. The Bertz CT molecular complexity index is 644. The maximum Gasteiger partial charge on any atom is 0.330 e. The fraction of sp³-hybridized carbons (Fsp3) is 0.455. The Morgan fingerprint density at radius 3 is 2.78 bits per heavy atom. The molecule has 2 aromatic heterocycles. The fourth-order valence-corrected chi connectivity index (χ4v) is 2.38. The number of nitrogens with two attached hydrogens (primary N) is 1. The van der Waals surface area contributed by atoms with Crippen LogP contribution in [0.2, 0.25) is 0 Å². The zero-order chi connectivity index (χ0) is 12.2. The van der Waals surface area contributed by atoms with Crippen LogP contribution in [0.5, 0.6) is 0 Å². The average Bonchev–Trinajstić information content (AvgIpc) is 2.49. The van der Waals surface area contributed by atoms with Gasteiger partial charge in [0.05, 0.1) is 11.7 Å². The summed E-state index contributed by atoms with van der Waals surface area (Å²) in [6.45, 7) is 0. The highest BCUT2D eigenvalue weighted by Crippen LogP contribution is 2.31. The van der Waals surface area contributed by atoms with Crippen LogP contribution in [0.4, 0.5) is 4.39 Å².